The molecule has 0 spiro atoms. The zero-order chi connectivity index (χ0) is 22.0. The second-order valence-electron chi connectivity index (χ2n) is 7.06. The lowest BCUT2D eigenvalue weighted by Gasteiger charge is -2.13. The lowest BCUT2D eigenvalue weighted by atomic mass is 10.1. The van der Waals surface area contributed by atoms with Crippen molar-refractivity contribution in [1.82, 2.24) is 4.98 Å². The Balaban J connectivity index is 1.55. The number of amides is 1. The quantitative estimate of drug-likeness (QED) is 0.375. The Bertz CT molecular complexity index is 1290. The molecule has 3 N–H and O–H groups in total. The Labute approximate surface area is 189 Å². The summed E-state index contributed by atoms with van der Waals surface area (Å²) in [5.74, 6) is 0.244. The predicted molar refractivity (Wildman–Crippen MR) is 126 cm³/mol. The fourth-order valence-corrected chi connectivity index (χ4v) is 3.74. The first-order valence-corrected chi connectivity index (χ1v) is 10.3. The highest BCUT2D eigenvalue weighted by Gasteiger charge is 2.13. The van der Waals surface area contributed by atoms with Crippen LogP contribution >= 0.6 is 23.2 Å². The highest BCUT2D eigenvalue weighted by molar-refractivity contribution is 6.35. The van der Waals surface area contributed by atoms with Gasteiger partial charge in [-0.3, -0.25) is 9.78 Å². The number of ether oxygens (including phenoxy) is 1. The van der Waals surface area contributed by atoms with Gasteiger partial charge in [-0.25, -0.2) is 0 Å². The number of nitrogens with zero attached hydrogens (tertiary/aromatic N) is 1. The highest BCUT2D eigenvalue weighted by atomic mass is 35.5. The Morgan fingerprint density at radius 1 is 1.06 bits per heavy atom. The topological polar surface area (TPSA) is 77.2 Å². The van der Waals surface area contributed by atoms with Crippen molar-refractivity contribution in [2.24, 2.45) is 0 Å². The van der Waals surface area contributed by atoms with Crippen LogP contribution in [0.5, 0.6) is 5.75 Å². The molecule has 1 amide bonds. The number of rotatable bonds is 5. The summed E-state index contributed by atoms with van der Waals surface area (Å²) in [4.78, 5) is 17.4. The number of carbonyl (C=O) groups excluding carboxylic acids is 1. The van der Waals surface area contributed by atoms with Crippen LogP contribution in [0.3, 0.4) is 0 Å². The molecule has 156 valence electrons. The molecule has 1 heterocycles. The average molecular weight is 452 g/mol. The maximum absolute atomic E-state index is 13.0. The normalized spacial score (nSPS) is 10.8. The number of benzene rings is 3. The van der Waals surface area contributed by atoms with Gasteiger partial charge in [0.2, 0.25) is 0 Å². The Hall–Kier alpha value is -3.28. The number of hydrogen-bond donors (Lipinski definition) is 2. The molecule has 0 saturated carbocycles. The van der Waals surface area contributed by atoms with Crippen molar-refractivity contribution >= 4 is 51.4 Å². The minimum Gasteiger partial charge on any atom is -0.487 e. The van der Waals surface area contributed by atoms with Gasteiger partial charge in [0.25, 0.3) is 5.91 Å². The number of carbonyl (C=O) groups is 1. The molecule has 0 fully saturated rings. The van der Waals surface area contributed by atoms with E-state index >= 15 is 0 Å². The predicted octanol–water partition coefficient (Wildman–Crippen LogP) is 6.26. The number of fused-ring (bicyclic) bond motifs is 1. The third-order valence-electron chi connectivity index (χ3n) is 4.77. The molecule has 0 aliphatic rings. The van der Waals surface area contributed by atoms with E-state index in [0.29, 0.717) is 32.7 Å². The molecular weight excluding hydrogens is 433 g/mol. The fraction of sp³-hybridized carbons (Fsp3) is 0.0833. The Morgan fingerprint density at radius 2 is 1.87 bits per heavy atom. The van der Waals surface area contributed by atoms with Gasteiger partial charge in [0.05, 0.1) is 10.5 Å². The van der Waals surface area contributed by atoms with Crippen LogP contribution in [0, 0.1) is 6.92 Å². The Kier molecular flexibility index (Phi) is 5.98. The average Bonchev–Trinajstić information content (AvgIpc) is 2.74. The maximum atomic E-state index is 13.0. The molecule has 0 aliphatic carbocycles. The number of nitrogen functional groups attached to an aromatic ring is 1. The van der Waals surface area contributed by atoms with E-state index in [2.05, 4.69) is 10.3 Å². The van der Waals surface area contributed by atoms with Gasteiger partial charge in [0.15, 0.2) is 0 Å². The summed E-state index contributed by atoms with van der Waals surface area (Å²) in [6, 6.07) is 19.5. The van der Waals surface area contributed by atoms with Crippen LogP contribution in [0.2, 0.25) is 10.0 Å². The van der Waals surface area contributed by atoms with Crippen molar-refractivity contribution < 1.29 is 9.53 Å². The lowest BCUT2D eigenvalue weighted by Crippen LogP contribution is -2.15. The number of anilines is 2. The molecular formula is C24H19Cl2N3O2. The third-order valence-corrected chi connectivity index (χ3v) is 5.30. The lowest BCUT2D eigenvalue weighted by molar-refractivity contribution is 0.102. The summed E-state index contributed by atoms with van der Waals surface area (Å²) < 4.78 is 5.81. The molecule has 4 rings (SSSR count). The highest BCUT2D eigenvalue weighted by Crippen LogP contribution is 2.29. The van der Waals surface area contributed by atoms with E-state index in [-0.39, 0.29) is 12.5 Å². The van der Waals surface area contributed by atoms with Crippen LogP contribution in [0.4, 0.5) is 11.4 Å². The van der Waals surface area contributed by atoms with E-state index in [1.54, 1.807) is 36.4 Å². The molecule has 0 unspecified atom stereocenters. The molecule has 0 atom stereocenters. The zero-order valence-corrected chi connectivity index (χ0v) is 18.2. The maximum Gasteiger partial charge on any atom is 0.256 e. The first kappa shape index (κ1) is 21.0. The number of halogens is 2. The minimum absolute atomic E-state index is 0.179. The van der Waals surface area contributed by atoms with Gasteiger partial charge in [-0.05, 0) is 55.5 Å². The molecule has 4 aromatic rings. The molecule has 7 heteroatoms. The van der Waals surface area contributed by atoms with E-state index in [0.717, 1.165) is 22.2 Å². The number of nitrogens with two attached hydrogens (primary N) is 1. The van der Waals surface area contributed by atoms with Crippen molar-refractivity contribution in [1.29, 1.82) is 0 Å². The van der Waals surface area contributed by atoms with Crippen molar-refractivity contribution in [2.45, 2.75) is 13.5 Å². The van der Waals surface area contributed by atoms with E-state index in [1.165, 1.54) is 0 Å². The summed E-state index contributed by atoms with van der Waals surface area (Å²) in [5, 5.41) is 4.65. The van der Waals surface area contributed by atoms with Crippen molar-refractivity contribution in [3.8, 4) is 5.75 Å². The van der Waals surface area contributed by atoms with Crippen LogP contribution in [0.1, 0.15) is 21.6 Å². The molecule has 1 aromatic heterocycles. The smallest absolute Gasteiger partial charge is 0.256 e. The van der Waals surface area contributed by atoms with Crippen LogP contribution in [0.25, 0.3) is 10.9 Å². The summed E-state index contributed by atoms with van der Waals surface area (Å²) in [5.41, 5.74) is 10.2. The number of pyridine rings is 1. The van der Waals surface area contributed by atoms with Gasteiger partial charge in [-0.2, -0.15) is 0 Å². The van der Waals surface area contributed by atoms with E-state index in [9.17, 15) is 4.79 Å². The standard InChI is InChI=1S/C24H19Cl2N3O2/c1-14-10-21(27)19-12-17(7-8-22(19)28-14)29-24(30)18-5-3-2-4-15(18)13-31-23-9-6-16(25)11-20(23)26/h2-12H,13H2,1H3,(H2,27,28)(H,29,30). The number of nitrogens with one attached hydrogen (secondary N) is 1. The summed E-state index contributed by atoms with van der Waals surface area (Å²) in [6.07, 6.45) is 0. The van der Waals surface area contributed by atoms with Gasteiger partial charge in [0, 0.05) is 38.6 Å². The third kappa shape index (κ3) is 4.74. The molecule has 0 radical (unpaired) electrons. The van der Waals surface area contributed by atoms with E-state index in [1.807, 2.05) is 37.3 Å². The van der Waals surface area contributed by atoms with Crippen LogP contribution in [0.15, 0.2) is 66.7 Å². The largest absolute Gasteiger partial charge is 0.487 e. The first-order valence-electron chi connectivity index (χ1n) is 9.55. The summed E-state index contributed by atoms with van der Waals surface area (Å²) >= 11 is 12.1. The van der Waals surface area contributed by atoms with Crippen molar-refractivity contribution in [3.05, 3.63) is 93.6 Å². The van der Waals surface area contributed by atoms with Gasteiger partial charge < -0.3 is 15.8 Å². The number of hydrogen-bond acceptors (Lipinski definition) is 4. The van der Waals surface area contributed by atoms with Crippen molar-refractivity contribution in [3.63, 3.8) is 0 Å². The van der Waals surface area contributed by atoms with Crippen LogP contribution in [-0.2, 0) is 6.61 Å². The van der Waals surface area contributed by atoms with Crippen LogP contribution in [-0.4, -0.2) is 10.9 Å². The molecule has 0 bridgehead atoms. The Morgan fingerprint density at radius 3 is 2.68 bits per heavy atom. The van der Waals surface area contributed by atoms with Gasteiger partial charge in [-0.15, -0.1) is 0 Å². The number of aryl methyl sites for hydroxylation is 1. The van der Waals surface area contributed by atoms with Gasteiger partial charge in [-0.1, -0.05) is 41.4 Å². The molecule has 31 heavy (non-hydrogen) atoms. The fourth-order valence-electron chi connectivity index (χ4n) is 3.28. The summed E-state index contributed by atoms with van der Waals surface area (Å²) in [6.45, 7) is 2.07. The van der Waals surface area contributed by atoms with Gasteiger partial charge >= 0.3 is 0 Å². The van der Waals surface area contributed by atoms with Crippen molar-refractivity contribution in [2.75, 3.05) is 11.1 Å². The zero-order valence-electron chi connectivity index (χ0n) is 16.7. The molecule has 0 saturated heterocycles. The first-order chi connectivity index (χ1) is 14.9. The SMILES string of the molecule is Cc1cc(N)c2cc(NC(=O)c3ccccc3COc3ccc(Cl)cc3Cl)ccc2n1. The molecule has 3 aromatic carbocycles. The molecule has 0 aliphatic heterocycles. The minimum atomic E-state index is -0.251. The molecule has 5 nitrogen and oxygen atoms in total. The van der Waals surface area contributed by atoms with E-state index in [4.69, 9.17) is 33.7 Å². The monoisotopic (exact) mass is 451 g/mol. The number of aromatic nitrogens is 1. The second-order valence-corrected chi connectivity index (χ2v) is 7.90. The van der Waals surface area contributed by atoms with E-state index < -0.39 is 0 Å². The van der Waals surface area contributed by atoms with Gasteiger partial charge in [0.1, 0.15) is 12.4 Å². The summed E-state index contributed by atoms with van der Waals surface area (Å²) in [7, 11) is 0. The van der Waals surface area contributed by atoms with Crippen LogP contribution < -0.4 is 15.8 Å². The second kappa shape index (κ2) is 8.84.